The van der Waals surface area contributed by atoms with Gasteiger partial charge >= 0.3 is 0 Å². The largest absolute Gasteiger partial charge is 0.288 e. The molecule has 0 amide bonds. The van der Waals surface area contributed by atoms with Crippen molar-refractivity contribution in [3.05, 3.63) is 85.9 Å². The van der Waals surface area contributed by atoms with Crippen molar-refractivity contribution in [3.8, 4) is 10.6 Å². The van der Waals surface area contributed by atoms with E-state index >= 15 is 0 Å². The molecule has 0 aliphatic heterocycles. The van der Waals surface area contributed by atoms with Gasteiger partial charge < -0.3 is 0 Å². The Bertz CT molecular complexity index is 1010. The van der Waals surface area contributed by atoms with E-state index in [-0.39, 0.29) is 11.5 Å². The van der Waals surface area contributed by atoms with Crippen LogP contribution in [0.1, 0.15) is 20.9 Å². The number of carbonyl (C=O) groups is 1. The zero-order chi connectivity index (χ0) is 18.7. The number of nitro groups is 1. The Morgan fingerprint density at radius 1 is 1.19 bits per heavy atom. The molecule has 1 aromatic heterocycles. The average molecular weight is 385 g/mol. The zero-order valence-electron chi connectivity index (χ0n) is 13.7. The fraction of sp³-hybridized carbons (Fsp3) is 0.0526. The molecule has 0 unspecified atom stereocenters. The van der Waals surface area contributed by atoms with Crippen LogP contribution in [0, 0.1) is 17.0 Å². The predicted molar refractivity (Wildman–Crippen MR) is 104 cm³/mol. The summed E-state index contributed by atoms with van der Waals surface area (Å²) in [5.74, 6) is -0.238. The molecule has 3 aromatic rings. The average Bonchev–Trinajstić information content (AvgIpc) is 3.02. The highest BCUT2D eigenvalue weighted by Gasteiger charge is 2.15. The lowest BCUT2D eigenvalue weighted by Crippen LogP contribution is -1.94. The summed E-state index contributed by atoms with van der Waals surface area (Å²) in [5, 5.41) is 12.4. The van der Waals surface area contributed by atoms with Gasteiger partial charge in [0.05, 0.1) is 21.1 Å². The van der Waals surface area contributed by atoms with Gasteiger partial charge in [-0.2, -0.15) is 0 Å². The van der Waals surface area contributed by atoms with Crippen LogP contribution in [-0.4, -0.2) is 15.7 Å². The number of hydrogen-bond donors (Lipinski definition) is 0. The molecule has 1 heterocycles. The molecule has 7 heteroatoms. The molecular formula is C19H13ClN2O3S. The van der Waals surface area contributed by atoms with Gasteiger partial charge in [-0.15, -0.1) is 11.3 Å². The molecule has 0 atom stereocenters. The number of carbonyl (C=O) groups excluding carboxylic acids is 1. The Morgan fingerprint density at radius 3 is 2.58 bits per heavy atom. The molecule has 0 aliphatic carbocycles. The predicted octanol–water partition coefficient (Wildman–Crippen LogP) is 5.58. The number of nitro benzene ring substituents is 1. The van der Waals surface area contributed by atoms with Crippen LogP contribution >= 0.6 is 22.9 Å². The number of hydrogen-bond acceptors (Lipinski definition) is 5. The Labute approximate surface area is 158 Å². The highest BCUT2D eigenvalue weighted by Crippen LogP contribution is 2.29. The van der Waals surface area contributed by atoms with Gasteiger partial charge in [-0.25, -0.2) is 4.98 Å². The van der Waals surface area contributed by atoms with Crippen LogP contribution in [-0.2, 0) is 0 Å². The minimum Gasteiger partial charge on any atom is -0.288 e. The van der Waals surface area contributed by atoms with E-state index in [0.717, 1.165) is 10.6 Å². The number of allylic oxidation sites excluding steroid dienone is 1. The van der Waals surface area contributed by atoms with E-state index < -0.39 is 4.92 Å². The molecule has 2 aromatic carbocycles. The molecule has 0 spiro atoms. The van der Waals surface area contributed by atoms with Gasteiger partial charge in [0.25, 0.3) is 5.69 Å². The van der Waals surface area contributed by atoms with Gasteiger partial charge in [-0.05, 0) is 37.3 Å². The maximum absolute atomic E-state index is 12.5. The standard InChI is InChI=1S/C19H13ClN2O3S/c1-12-18(26-19(21-12)14-6-9-15(20)10-7-14)17(23)11-8-13-4-2-3-5-16(13)22(24)25/h2-11H,1H3/b11-8+. The van der Waals surface area contributed by atoms with Gasteiger partial charge in [0.15, 0.2) is 5.78 Å². The lowest BCUT2D eigenvalue weighted by atomic mass is 10.1. The van der Waals surface area contributed by atoms with Crippen LogP contribution in [0.5, 0.6) is 0 Å². The fourth-order valence-electron chi connectivity index (χ4n) is 2.38. The smallest absolute Gasteiger partial charge is 0.276 e. The van der Waals surface area contributed by atoms with Gasteiger partial charge in [0.1, 0.15) is 5.01 Å². The number of thiazole rings is 1. The minimum atomic E-state index is -0.471. The van der Waals surface area contributed by atoms with Crippen molar-refractivity contribution >= 4 is 40.5 Å². The molecule has 26 heavy (non-hydrogen) atoms. The Balaban J connectivity index is 1.87. The molecule has 0 aliphatic rings. The van der Waals surface area contributed by atoms with Crippen molar-refractivity contribution in [1.29, 1.82) is 0 Å². The Morgan fingerprint density at radius 2 is 1.88 bits per heavy atom. The van der Waals surface area contributed by atoms with Crippen LogP contribution < -0.4 is 0 Å². The lowest BCUT2D eigenvalue weighted by molar-refractivity contribution is -0.385. The summed E-state index contributed by atoms with van der Waals surface area (Å²) < 4.78 is 0. The molecule has 0 bridgehead atoms. The maximum atomic E-state index is 12.5. The van der Waals surface area contributed by atoms with E-state index in [0.29, 0.717) is 21.2 Å². The summed E-state index contributed by atoms with van der Waals surface area (Å²) in [6.45, 7) is 1.77. The highest BCUT2D eigenvalue weighted by atomic mass is 35.5. The number of aromatic nitrogens is 1. The van der Waals surface area contributed by atoms with E-state index in [4.69, 9.17) is 11.6 Å². The first-order valence-electron chi connectivity index (χ1n) is 7.65. The molecule has 0 saturated carbocycles. The van der Waals surface area contributed by atoms with Crippen LogP contribution in [0.3, 0.4) is 0 Å². The molecule has 0 saturated heterocycles. The van der Waals surface area contributed by atoms with Crippen LogP contribution in [0.15, 0.2) is 54.6 Å². The van der Waals surface area contributed by atoms with Crippen molar-refractivity contribution < 1.29 is 9.72 Å². The van der Waals surface area contributed by atoms with E-state index in [1.807, 2.05) is 12.1 Å². The number of ketones is 1. The quantitative estimate of drug-likeness (QED) is 0.249. The molecule has 130 valence electrons. The third kappa shape index (κ3) is 3.87. The van der Waals surface area contributed by atoms with Crippen molar-refractivity contribution in [3.63, 3.8) is 0 Å². The van der Waals surface area contributed by atoms with Crippen LogP contribution in [0.2, 0.25) is 5.02 Å². The third-order valence-electron chi connectivity index (χ3n) is 3.66. The van der Waals surface area contributed by atoms with Gasteiger partial charge in [0.2, 0.25) is 0 Å². The fourth-order valence-corrected chi connectivity index (χ4v) is 3.49. The second kappa shape index (κ2) is 7.59. The highest BCUT2D eigenvalue weighted by molar-refractivity contribution is 7.17. The lowest BCUT2D eigenvalue weighted by Gasteiger charge is -1.96. The van der Waals surface area contributed by atoms with Gasteiger partial charge in [-0.1, -0.05) is 35.9 Å². The third-order valence-corrected chi connectivity index (χ3v) is 5.13. The van der Waals surface area contributed by atoms with Crippen molar-refractivity contribution in [1.82, 2.24) is 4.98 Å². The minimum absolute atomic E-state index is 0.0422. The van der Waals surface area contributed by atoms with E-state index in [1.54, 1.807) is 37.3 Å². The number of benzene rings is 2. The van der Waals surface area contributed by atoms with Gasteiger partial charge in [-0.3, -0.25) is 14.9 Å². The number of nitrogens with zero attached hydrogens (tertiary/aromatic N) is 2. The summed E-state index contributed by atoms with van der Waals surface area (Å²) >= 11 is 7.18. The first kappa shape index (κ1) is 18.0. The SMILES string of the molecule is Cc1nc(-c2ccc(Cl)cc2)sc1C(=O)/C=C/c1ccccc1[N+](=O)[O-]. The summed E-state index contributed by atoms with van der Waals surface area (Å²) in [6, 6.07) is 13.5. The first-order chi connectivity index (χ1) is 12.5. The molecule has 5 nitrogen and oxygen atoms in total. The van der Waals surface area contributed by atoms with E-state index in [9.17, 15) is 14.9 Å². The summed E-state index contributed by atoms with van der Waals surface area (Å²) in [4.78, 5) is 28.0. The molecule has 3 rings (SSSR count). The number of halogens is 1. The topological polar surface area (TPSA) is 73.1 Å². The molecule has 0 N–H and O–H groups in total. The summed E-state index contributed by atoms with van der Waals surface area (Å²) in [7, 11) is 0. The van der Waals surface area contributed by atoms with E-state index in [2.05, 4.69) is 4.98 Å². The second-order valence-electron chi connectivity index (χ2n) is 5.45. The Kier molecular flexibility index (Phi) is 5.25. The first-order valence-corrected chi connectivity index (χ1v) is 8.84. The normalized spacial score (nSPS) is 11.0. The van der Waals surface area contributed by atoms with Crippen molar-refractivity contribution in [2.45, 2.75) is 6.92 Å². The van der Waals surface area contributed by atoms with Crippen LogP contribution in [0.25, 0.3) is 16.6 Å². The molecule has 0 fully saturated rings. The number of aryl methyl sites for hydroxylation is 1. The van der Waals surface area contributed by atoms with Gasteiger partial charge in [0, 0.05) is 16.7 Å². The number of para-hydroxylation sites is 1. The summed E-state index contributed by atoms with van der Waals surface area (Å²) in [6.07, 6.45) is 2.80. The zero-order valence-corrected chi connectivity index (χ0v) is 15.3. The number of rotatable bonds is 5. The molecular weight excluding hydrogens is 372 g/mol. The second-order valence-corrected chi connectivity index (χ2v) is 6.89. The monoisotopic (exact) mass is 384 g/mol. The van der Waals surface area contributed by atoms with Crippen molar-refractivity contribution in [2.75, 3.05) is 0 Å². The Hall–Kier alpha value is -2.83. The van der Waals surface area contributed by atoms with Crippen LogP contribution in [0.4, 0.5) is 5.69 Å². The molecule has 0 radical (unpaired) electrons. The summed E-state index contributed by atoms with van der Waals surface area (Å²) in [5.41, 5.74) is 1.84. The van der Waals surface area contributed by atoms with Crippen molar-refractivity contribution in [2.24, 2.45) is 0 Å². The maximum Gasteiger partial charge on any atom is 0.276 e. The van der Waals surface area contributed by atoms with E-state index in [1.165, 1.54) is 29.6 Å².